The molecule has 0 fully saturated rings. The third kappa shape index (κ3) is 10.2. The molecule has 0 aliphatic heterocycles. The van der Waals surface area contributed by atoms with Gasteiger partial charge in [0.05, 0.1) is 0 Å². The van der Waals surface area contributed by atoms with Crippen LogP contribution in [-0.2, 0) is 16.2 Å². The van der Waals surface area contributed by atoms with E-state index < -0.39 is 5.60 Å². The van der Waals surface area contributed by atoms with E-state index in [0.29, 0.717) is 0 Å². The van der Waals surface area contributed by atoms with Crippen molar-refractivity contribution in [3.63, 3.8) is 0 Å². The Morgan fingerprint density at radius 2 is 0.804 bits per heavy atom. The van der Waals surface area contributed by atoms with Crippen LogP contribution in [-0.4, -0.2) is 5.60 Å². The van der Waals surface area contributed by atoms with Crippen LogP contribution in [0.25, 0.3) is 11.1 Å². The summed E-state index contributed by atoms with van der Waals surface area (Å²) in [5, 5.41) is 0. The first-order valence-corrected chi connectivity index (χ1v) is 19.5. The molecule has 0 saturated carbocycles. The van der Waals surface area contributed by atoms with Gasteiger partial charge in [-0.25, -0.2) is 0 Å². The Bertz CT molecular complexity index is 1820. The summed E-state index contributed by atoms with van der Waals surface area (Å²) in [7, 11) is -0.539. The molecular formula is C44H60O5P2. The predicted octanol–water partition coefficient (Wildman–Crippen LogP) is 13.6. The maximum absolute atomic E-state index is 6.87. The van der Waals surface area contributed by atoms with Crippen molar-refractivity contribution in [3.05, 3.63) is 99.6 Å². The molecule has 0 radical (unpaired) electrons. The zero-order valence-electron chi connectivity index (χ0n) is 33.8. The standard InChI is InChI=1S/C44H60O5P2/c1-27-17-21-31(22-18-27)46-50-48-39-34(42(8,9)10)25-33(41(5,6)7)29(3)37(39)38-30(4)36(45-44(14,15)16)26-35(43(11,12)13)40(38)49-51-47-32-23-19-28(2)20-24-32/h17-26,50-51H,1-16H3. The minimum Gasteiger partial charge on any atom is -0.488 e. The molecule has 5 nitrogen and oxygen atoms in total. The van der Waals surface area contributed by atoms with Crippen molar-refractivity contribution in [3.8, 4) is 39.9 Å². The van der Waals surface area contributed by atoms with Crippen molar-refractivity contribution in [1.29, 1.82) is 0 Å². The normalized spacial score (nSPS) is 12.9. The molecule has 0 aliphatic rings. The monoisotopic (exact) mass is 730 g/mol. The second-order valence-electron chi connectivity index (χ2n) is 17.7. The van der Waals surface area contributed by atoms with Gasteiger partial charge in [0.1, 0.15) is 34.3 Å². The van der Waals surface area contributed by atoms with Gasteiger partial charge in [-0.3, -0.25) is 0 Å². The lowest BCUT2D eigenvalue weighted by Crippen LogP contribution is -2.24. The lowest BCUT2D eigenvalue weighted by atomic mass is 9.74. The van der Waals surface area contributed by atoms with E-state index in [9.17, 15) is 0 Å². The molecule has 0 spiro atoms. The molecule has 0 bridgehead atoms. The fourth-order valence-corrected chi connectivity index (χ4v) is 7.21. The maximum atomic E-state index is 6.87. The van der Waals surface area contributed by atoms with Crippen LogP contribution in [0.4, 0.5) is 0 Å². The number of ether oxygens (including phenoxy) is 1. The summed E-state index contributed by atoms with van der Waals surface area (Å²) in [6, 6.07) is 20.6. The first-order valence-electron chi connectivity index (χ1n) is 17.8. The van der Waals surface area contributed by atoms with E-state index in [1.54, 1.807) is 0 Å². The second-order valence-corrected chi connectivity index (χ2v) is 18.9. The Morgan fingerprint density at radius 1 is 0.431 bits per heavy atom. The molecule has 7 heteroatoms. The molecule has 2 unspecified atom stereocenters. The fraction of sp³-hybridized carbons (Fsp3) is 0.455. The van der Waals surface area contributed by atoms with Crippen molar-refractivity contribution in [2.75, 3.05) is 0 Å². The van der Waals surface area contributed by atoms with E-state index in [-0.39, 0.29) is 34.3 Å². The Kier molecular flexibility index (Phi) is 12.2. The third-order valence-corrected chi connectivity index (χ3v) is 9.98. The van der Waals surface area contributed by atoms with E-state index >= 15 is 0 Å². The molecule has 4 aromatic rings. The molecule has 51 heavy (non-hydrogen) atoms. The summed E-state index contributed by atoms with van der Waals surface area (Å²) in [5.74, 6) is 3.92. The second kappa shape index (κ2) is 15.4. The lowest BCUT2D eigenvalue weighted by molar-refractivity contribution is 0.129. The van der Waals surface area contributed by atoms with Gasteiger partial charge in [0.25, 0.3) is 18.1 Å². The smallest absolute Gasteiger partial charge is 0.275 e. The zero-order chi connectivity index (χ0) is 38.1. The quantitative estimate of drug-likeness (QED) is 0.152. The largest absolute Gasteiger partial charge is 0.488 e. The highest BCUT2D eigenvalue weighted by Crippen LogP contribution is 2.55. The van der Waals surface area contributed by atoms with Gasteiger partial charge in [-0.15, -0.1) is 0 Å². The first kappa shape index (κ1) is 40.5. The molecule has 0 aliphatic carbocycles. The van der Waals surface area contributed by atoms with Gasteiger partial charge in [0.2, 0.25) is 0 Å². The number of hydrogen-bond donors (Lipinski definition) is 0. The van der Waals surface area contributed by atoms with E-state index in [1.807, 2.05) is 36.4 Å². The average molecular weight is 731 g/mol. The molecule has 2 atom stereocenters. The molecule has 4 rings (SSSR count). The molecule has 0 heterocycles. The summed E-state index contributed by atoms with van der Waals surface area (Å²) in [4.78, 5) is 0. The van der Waals surface area contributed by atoms with Crippen molar-refractivity contribution < 1.29 is 22.8 Å². The van der Waals surface area contributed by atoms with Crippen LogP contribution in [0.1, 0.15) is 122 Å². The van der Waals surface area contributed by atoms with Crippen LogP contribution in [0.2, 0.25) is 0 Å². The predicted molar refractivity (Wildman–Crippen MR) is 219 cm³/mol. The first-order chi connectivity index (χ1) is 23.5. The van der Waals surface area contributed by atoms with Gasteiger partial charge in [0, 0.05) is 27.8 Å². The number of hydrogen-bond acceptors (Lipinski definition) is 5. The van der Waals surface area contributed by atoms with E-state index in [0.717, 1.165) is 62.1 Å². The Labute approximate surface area is 312 Å². The zero-order valence-corrected chi connectivity index (χ0v) is 35.8. The minimum absolute atomic E-state index is 0.143. The SMILES string of the molecule is Cc1ccc(OPOc2c(C(C)(C)C)cc(OC(C)(C)C)c(C)c2-c2c(C)c(C(C)(C)C)cc(C(C)(C)C)c2OPOc2ccc(C)cc2)cc1. The summed E-state index contributed by atoms with van der Waals surface area (Å²) in [5.41, 5.74) is 8.70. The summed E-state index contributed by atoms with van der Waals surface area (Å²) in [6.45, 7) is 34.9. The van der Waals surface area contributed by atoms with E-state index in [1.165, 1.54) is 16.7 Å². The van der Waals surface area contributed by atoms with Gasteiger partial charge in [-0.1, -0.05) is 104 Å². The highest BCUT2D eigenvalue weighted by atomic mass is 31.1. The van der Waals surface area contributed by atoms with Crippen molar-refractivity contribution in [2.45, 2.75) is 133 Å². The molecule has 4 aromatic carbocycles. The van der Waals surface area contributed by atoms with E-state index in [4.69, 9.17) is 22.8 Å². The van der Waals surface area contributed by atoms with Crippen molar-refractivity contribution >= 4 is 18.1 Å². The average Bonchev–Trinajstić information content (AvgIpc) is 2.98. The lowest BCUT2D eigenvalue weighted by Gasteiger charge is -2.34. The molecule has 0 saturated heterocycles. The third-order valence-electron chi connectivity index (χ3n) is 8.77. The van der Waals surface area contributed by atoms with Crippen LogP contribution in [0.15, 0.2) is 60.7 Å². The maximum Gasteiger partial charge on any atom is 0.275 e. The number of aryl methyl sites for hydroxylation is 2. The molecule has 0 amide bonds. The molecular weight excluding hydrogens is 670 g/mol. The number of rotatable bonds is 10. The number of benzene rings is 4. The van der Waals surface area contributed by atoms with Crippen LogP contribution in [0.5, 0.6) is 28.7 Å². The highest BCUT2D eigenvalue weighted by Gasteiger charge is 2.35. The van der Waals surface area contributed by atoms with Crippen LogP contribution >= 0.6 is 18.1 Å². The minimum atomic E-state index is -0.419. The Balaban J connectivity index is 2.07. The Morgan fingerprint density at radius 3 is 1.18 bits per heavy atom. The summed E-state index contributed by atoms with van der Waals surface area (Å²) >= 11 is 0. The van der Waals surface area contributed by atoms with Crippen molar-refractivity contribution in [2.24, 2.45) is 0 Å². The van der Waals surface area contributed by atoms with Crippen LogP contribution < -0.4 is 22.8 Å². The van der Waals surface area contributed by atoms with Gasteiger partial charge in [-0.2, -0.15) is 0 Å². The van der Waals surface area contributed by atoms with Gasteiger partial charge in [0.15, 0.2) is 0 Å². The van der Waals surface area contributed by atoms with Gasteiger partial charge in [-0.05, 0) is 106 Å². The highest BCUT2D eigenvalue weighted by molar-refractivity contribution is 7.27. The van der Waals surface area contributed by atoms with Gasteiger partial charge >= 0.3 is 0 Å². The Hall–Kier alpha value is -3.26. The molecule has 276 valence electrons. The van der Waals surface area contributed by atoms with E-state index in [2.05, 4.69) is 135 Å². The van der Waals surface area contributed by atoms with Crippen LogP contribution in [0.3, 0.4) is 0 Å². The topological polar surface area (TPSA) is 46.2 Å². The summed E-state index contributed by atoms with van der Waals surface area (Å²) < 4.78 is 33.0. The van der Waals surface area contributed by atoms with Crippen molar-refractivity contribution in [1.82, 2.24) is 0 Å². The molecule has 0 N–H and O–H groups in total. The van der Waals surface area contributed by atoms with Crippen LogP contribution in [0, 0.1) is 27.7 Å². The van der Waals surface area contributed by atoms with Gasteiger partial charge < -0.3 is 22.8 Å². The molecule has 0 aromatic heterocycles. The summed E-state index contributed by atoms with van der Waals surface area (Å²) in [6.07, 6.45) is 0. The fourth-order valence-electron chi connectivity index (χ4n) is 6.07.